The molecular weight excluding hydrogens is 322 g/mol. The molecule has 0 aliphatic carbocycles. The number of benzene rings is 1. The Morgan fingerprint density at radius 2 is 2.20 bits per heavy atom. The van der Waals surface area contributed by atoms with Crippen molar-refractivity contribution in [1.29, 1.82) is 0 Å². The Labute approximate surface area is 145 Å². The number of nitrogen functional groups attached to an aromatic ring is 1. The Kier molecular flexibility index (Phi) is 3.74. The molecule has 1 aromatic carbocycles. The predicted octanol–water partition coefficient (Wildman–Crippen LogP) is 1.49. The summed E-state index contributed by atoms with van der Waals surface area (Å²) in [6.45, 7) is 3.56. The number of carbonyl (C=O) groups is 1. The van der Waals surface area contributed by atoms with Gasteiger partial charge >= 0.3 is 0 Å². The number of nitrogens with one attached hydrogen (secondary N) is 1. The van der Waals surface area contributed by atoms with Crippen LogP contribution in [-0.2, 0) is 17.8 Å². The van der Waals surface area contributed by atoms with Crippen LogP contribution in [0.4, 0.5) is 5.95 Å². The number of fused-ring (bicyclic) bond motifs is 1. The molecule has 1 fully saturated rings. The lowest BCUT2D eigenvalue weighted by atomic mass is 9.76. The Bertz CT molecular complexity index is 805. The van der Waals surface area contributed by atoms with Crippen molar-refractivity contribution in [2.24, 2.45) is 5.41 Å². The normalized spacial score (nSPS) is 22.4. The van der Waals surface area contributed by atoms with E-state index in [1.54, 1.807) is 0 Å². The molecule has 0 bridgehead atoms. The Morgan fingerprint density at radius 1 is 1.36 bits per heavy atom. The lowest BCUT2D eigenvalue weighted by Gasteiger charge is -2.40. The summed E-state index contributed by atoms with van der Waals surface area (Å²) in [5.41, 5.74) is 6.72. The van der Waals surface area contributed by atoms with Crippen LogP contribution in [0.2, 0.25) is 0 Å². The summed E-state index contributed by atoms with van der Waals surface area (Å²) in [5.74, 6) is 2.53. The number of piperidine rings is 1. The molecule has 8 heteroatoms. The molecule has 4 rings (SSSR count). The first-order chi connectivity index (χ1) is 12.0. The van der Waals surface area contributed by atoms with Gasteiger partial charge in [0, 0.05) is 13.0 Å². The maximum Gasteiger partial charge on any atom is 0.239 e. The molecule has 8 nitrogen and oxygen atoms in total. The van der Waals surface area contributed by atoms with E-state index < -0.39 is 0 Å². The zero-order valence-corrected chi connectivity index (χ0v) is 14.1. The van der Waals surface area contributed by atoms with Crippen LogP contribution in [0.3, 0.4) is 0 Å². The van der Waals surface area contributed by atoms with Crippen molar-refractivity contribution in [3.05, 3.63) is 29.6 Å². The van der Waals surface area contributed by atoms with Gasteiger partial charge in [-0.1, -0.05) is 13.0 Å². The van der Waals surface area contributed by atoms with Crippen LogP contribution < -0.4 is 15.2 Å². The second-order valence-electron chi connectivity index (χ2n) is 7.07. The maximum absolute atomic E-state index is 12.3. The molecule has 2 aliphatic rings. The molecule has 0 radical (unpaired) electrons. The van der Waals surface area contributed by atoms with Gasteiger partial charge in [-0.2, -0.15) is 4.98 Å². The fraction of sp³-hybridized carbons (Fsp3) is 0.471. The number of carbonyl (C=O) groups excluding carboxylic acids is 1. The highest BCUT2D eigenvalue weighted by atomic mass is 16.7. The third-order valence-corrected chi connectivity index (χ3v) is 4.83. The van der Waals surface area contributed by atoms with Crippen LogP contribution in [0.15, 0.2) is 18.2 Å². The van der Waals surface area contributed by atoms with Crippen molar-refractivity contribution in [2.75, 3.05) is 19.1 Å². The van der Waals surface area contributed by atoms with E-state index in [4.69, 9.17) is 15.2 Å². The molecular formula is C17H21N5O3. The van der Waals surface area contributed by atoms with Crippen LogP contribution in [0.1, 0.15) is 31.2 Å². The van der Waals surface area contributed by atoms with Crippen LogP contribution in [0.25, 0.3) is 0 Å². The summed E-state index contributed by atoms with van der Waals surface area (Å²) in [7, 11) is 0. The summed E-state index contributed by atoms with van der Waals surface area (Å²) >= 11 is 0. The first-order valence-corrected chi connectivity index (χ1v) is 8.34. The summed E-state index contributed by atoms with van der Waals surface area (Å²) in [5, 5.41) is 6.59. The molecule has 3 heterocycles. The summed E-state index contributed by atoms with van der Waals surface area (Å²) in [6.07, 6.45) is 2.26. The van der Waals surface area contributed by atoms with Gasteiger partial charge in [0.15, 0.2) is 11.5 Å². The molecule has 1 saturated heterocycles. The number of hydrogen-bond acceptors (Lipinski definition) is 6. The number of likely N-dealkylation sites (tertiary alicyclic amines) is 1. The van der Waals surface area contributed by atoms with Crippen molar-refractivity contribution >= 4 is 11.9 Å². The van der Waals surface area contributed by atoms with Crippen LogP contribution in [0.5, 0.6) is 11.5 Å². The molecule has 0 saturated carbocycles. The van der Waals surface area contributed by atoms with Crippen LogP contribution in [0, 0.1) is 5.41 Å². The van der Waals surface area contributed by atoms with E-state index in [2.05, 4.69) is 28.2 Å². The van der Waals surface area contributed by atoms with Gasteiger partial charge in [-0.05, 0) is 36.0 Å². The number of nitrogens with two attached hydrogens (primary N) is 1. The molecule has 2 aliphatic heterocycles. The molecule has 1 amide bonds. The lowest BCUT2D eigenvalue weighted by Crippen LogP contribution is -2.45. The van der Waals surface area contributed by atoms with E-state index in [-0.39, 0.29) is 24.1 Å². The zero-order chi connectivity index (χ0) is 17.4. The summed E-state index contributed by atoms with van der Waals surface area (Å²) in [6, 6.07) is 6.05. The van der Waals surface area contributed by atoms with E-state index in [9.17, 15) is 4.79 Å². The monoisotopic (exact) mass is 343 g/mol. The number of anilines is 1. The SMILES string of the molecule is CC1(Cc2ccc3c(c2)OCO3)CCC(=O)N(Cc2nc(N)n[nH]2)C1. The van der Waals surface area contributed by atoms with Crippen LogP contribution >= 0.6 is 0 Å². The van der Waals surface area contributed by atoms with Gasteiger partial charge in [0.05, 0.1) is 6.54 Å². The van der Waals surface area contributed by atoms with Gasteiger partial charge in [-0.15, -0.1) is 5.10 Å². The molecule has 2 aromatic rings. The standard InChI is InChI=1S/C17H21N5O3/c1-17(7-11-2-3-12-13(6-11)25-10-24-12)5-4-15(23)22(9-17)8-14-19-16(18)21-20-14/h2-3,6H,4-5,7-10H2,1H3,(H3,18,19,20,21). The van der Waals surface area contributed by atoms with Crippen molar-refractivity contribution < 1.29 is 14.3 Å². The highest BCUT2D eigenvalue weighted by molar-refractivity contribution is 5.77. The quantitative estimate of drug-likeness (QED) is 0.871. The number of aromatic nitrogens is 3. The number of hydrogen-bond donors (Lipinski definition) is 2. The van der Waals surface area contributed by atoms with Crippen LogP contribution in [-0.4, -0.2) is 39.3 Å². The fourth-order valence-electron chi connectivity index (χ4n) is 3.59. The molecule has 1 aromatic heterocycles. The molecule has 1 atom stereocenters. The van der Waals surface area contributed by atoms with E-state index in [0.29, 0.717) is 25.3 Å². The molecule has 0 spiro atoms. The number of rotatable bonds is 4. The molecule has 1 unspecified atom stereocenters. The number of ether oxygens (including phenoxy) is 2. The Morgan fingerprint density at radius 3 is 3.00 bits per heavy atom. The minimum absolute atomic E-state index is 0.00677. The van der Waals surface area contributed by atoms with Crippen molar-refractivity contribution in [3.8, 4) is 11.5 Å². The average Bonchev–Trinajstić information content (AvgIpc) is 3.19. The zero-order valence-electron chi connectivity index (χ0n) is 14.1. The maximum atomic E-state index is 12.3. The minimum Gasteiger partial charge on any atom is -0.454 e. The Hall–Kier alpha value is -2.77. The largest absolute Gasteiger partial charge is 0.454 e. The number of amides is 1. The first kappa shape index (κ1) is 15.7. The molecule has 3 N–H and O–H groups in total. The highest BCUT2D eigenvalue weighted by Gasteiger charge is 2.35. The number of nitrogens with zero attached hydrogens (tertiary/aromatic N) is 3. The third-order valence-electron chi connectivity index (χ3n) is 4.83. The van der Waals surface area contributed by atoms with Gasteiger partial charge in [0.25, 0.3) is 0 Å². The van der Waals surface area contributed by atoms with E-state index in [0.717, 1.165) is 24.3 Å². The third kappa shape index (κ3) is 3.24. The highest BCUT2D eigenvalue weighted by Crippen LogP contribution is 2.38. The van der Waals surface area contributed by atoms with E-state index in [1.807, 2.05) is 17.0 Å². The van der Waals surface area contributed by atoms with Gasteiger partial charge < -0.3 is 20.1 Å². The second kappa shape index (κ2) is 5.94. The summed E-state index contributed by atoms with van der Waals surface area (Å²) < 4.78 is 10.8. The predicted molar refractivity (Wildman–Crippen MR) is 89.8 cm³/mol. The van der Waals surface area contributed by atoms with Crippen molar-refractivity contribution in [3.63, 3.8) is 0 Å². The van der Waals surface area contributed by atoms with Crippen molar-refractivity contribution in [1.82, 2.24) is 20.1 Å². The average molecular weight is 343 g/mol. The van der Waals surface area contributed by atoms with E-state index >= 15 is 0 Å². The lowest BCUT2D eigenvalue weighted by molar-refractivity contribution is -0.138. The Balaban J connectivity index is 1.48. The van der Waals surface area contributed by atoms with E-state index in [1.165, 1.54) is 5.56 Å². The number of aromatic amines is 1. The second-order valence-corrected chi connectivity index (χ2v) is 7.07. The van der Waals surface area contributed by atoms with Gasteiger partial charge in [-0.3, -0.25) is 9.89 Å². The molecule has 25 heavy (non-hydrogen) atoms. The minimum atomic E-state index is -0.00677. The summed E-state index contributed by atoms with van der Waals surface area (Å²) in [4.78, 5) is 18.2. The van der Waals surface area contributed by atoms with Gasteiger partial charge in [0.2, 0.25) is 18.6 Å². The fourth-order valence-corrected chi connectivity index (χ4v) is 3.59. The molecule has 132 valence electrons. The topological polar surface area (TPSA) is 106 Å². The smallest absolute Gasteiger partial charge is 0.239 e. The van der Waals surface area contributed by atoms with Gasteiger partial charge in [0.1, 0.15) is 5.82 Å². The van der Waals surface area contributed by atoms with Gasteiger partial charge in [-0.25, -0.2) is 0 Å². The number of H-pyrrole nitrogens is 1. The first-order valence-electron chi connectivity index (χ1n) is 8.34. The van der Waals surface area contributed by atoms with Crippen molar-refractivity contribution in [2.45, 2.75) is 32.7 Å².